The number of hydrogen-bond donors (Lipinski definition) is 0. The minimum absolute atomic E-state index is 0.0540. The van der Waals surface area contributed by atoms with Gasteiger partial charge in [0.1, 0.15) is 0 Å². The number of ether oxygens (including phenoxy) is 2. The van der Waals surface area contributed by atoms with Crippen molar-refractivity contribution >= 4 is 5.91 Å². The van der Waals surface area contributed by atoms with Crippen molar-refractivity contribution in [3.05, 3.63) is 59.7 Å². The van der Waals surface area contributed by atoms with Gasteiger partial charge in [0.05, 0.1) is 19.3 Å². The molecule has 1 aliphatic heterocycles. The van der Waals surface area contributed by atoms with E-state index in [1.807, 2.05) is 43.0 Å². The molecule has 1 saturated carbocycles. The lowest BCUT2D eigenvalue weighted by molar-refractivity contribution is 0.0432. The standard InChI is InChI=1S/C24H30N2O3/c1-3-28-22-13-10-19(16-23(22)29-4-2)24(27)26-15-14-25(20-11-12-20)17-21(26)18-8-6-5-7-9-18/h5-10,13,16,20-21H,3-4,11-12,14-15,17H2,1-2H3. The topological polar surface area (TPSA) is 42.0 Å². The molecule has 1 heterocycles. The van der Waals surface area contributed by atoms with Crippen LogP contribution in [0.15, 0.2) is 48.5 Å². The highest BCUT2D eigenvalue weighted by molar-refractivity contribution is 5.95. The van der Waals surface area contributed by atoms with Crippen LogP contribution in [-0.2, 0) is 0 Å². The largest absolute Gasteiger partial charge is 0.490 e. The lowest BCUT2D eigenvalue weighted by atomic mass is 10.0. The molecule has 2 aliphatic rings. The first-order valence-electron chi connectivity index (χ1n) is 10.7. The van der Waals surface area contributed by atoms with Crippen molar-refractivity contribution in [2.45, 2.75) is 38.8 Å². The molecular formula is C24H30N2O3. The number of benzene rings is 2. The molecule has 0 aromatic heterocycles. The zero-order chi connectivity index (χ0) is 20.2. The highest BCUT2D eigenvalue weighted by Crippen LogP contribution is 2.35. The van der Waals surface area contributed by atoms with Crippen LogP contribution in [-0.4, -0.2) is 54.6 Å². The second-order valence-electron chi connectivity index (χ2n) is 7.68. The molecule has 5 heteroatoms. The van der Waals surface area contributed by atoms with Crippen LogP contribution in [0.3, 0.4) is 0 Å². The minimum Gasteiger partial charge on any atom is -0.490 e. The maximum Gasteiger partial charge on any atom is 0.254 e. The van der Waals surface area contributed by atoms with Crippen molar-refractivity contribution < 1.29 is 14.3 Å². The van der Waals surface area contributed by atoms with Crippen molar-refractivity contribution in [3.63, 3.8) is 0 Å². The summed E-state index contributed by atoms with van der Waals surface area (Å²) in [7, 11) is 0. The molecule has 0 bridgehead atoms. The van der Waals surface area contributed by atoms with Gasteiger partial charge < -0.3 is 14.4 Å². The van der Waals surface area contributed by atoms with Gasteiger partial charge in [-0.2, -0.15) is 0 Å². The molecular weight excluding hydrogens is 364 g/mol. The Balaban J connectivity index is 1.61. The highest BCUT2D eigenvalue weighted by atomic mass is 16.5. The first-order valence-corrected chi connectivity index (χ1v) is 10.7. The third kappa shape index (κ3) is 4.40. The van der Waals surface area contributed by atoms with E-state index >= 15 is 0 Å². The van der Waals surface area contributed by atoms with E-state index in [0.29, 0.717) is 36.3 Å². The summed E-state index contributed by atoms with van der Waals surface area (Å²) in [6, 6.07) is 16.7. The van der Waals surface area contributed by atoms with Gasteiger partial charge in [0.25, 0.3) is 5.91 Å². The van der Waals surface area contributed by atoms with E-state index in [2.05, 4.69) is 29.2 Å². The van der Waals surface area contributed by atoms with E-state index in [1.54, 1.807) is 0 Å². The normalized spacial score (nSPS) is 19.8. The molecule has 2 aromatic carbocycles. The second-order valence-corrected chi connectivity index (χ2v) is 7.68. The van der Waals surface area contributed by atoms with Crippen molar-refractivity contribution in [2.75, 3.05) is 32.8 Å². The summed E-state index contributed by atoms with van der Waals surface area (Å²) in [6.45, 7) is 7.55. The molecule has 1 unspecified atom stereocenters. The molecule has 1 amide bonds. The van der Waals surface area contributed by atoms with Crippen LogP contribution in [0.1, 0.15) is 48.7 Å². The van der Waals surface area contributed by atoms with E-state index in [9.17, 15) is 4.79 Å². The summed E-state index contributed by atoms with van der Waals surface area (Å²) in [5.74, 6) is 1.37. The number of hydrogen-bond acceptors (Lipinski definition) is 4. The van der Waals surface area contributed by atoms with Crippen LogP contribution in [0.4, 0.5) is 0 Å². The zero-order valence-corrected chi connectivity index (χ0v) is 17.3. The van der Waals surface area contributed by atoms with Crippen molar-refractivity contribution in [3.8, 4) is 11.5 Å². The second kappa shape index (κ2) is 8.87. The van der Waals surface area contributed by atoms with Gasteiger partial charge in [-0.05, 0) is 50.5 Å². The Morgan fingerprint density at radius 3 is 2.38 bits per heavy atom. The van der Waals surface area contributed by atoms with E-state index in [0.717, 1.165) is 19.6 Å². The first kappa shape index (κ1) is 19.8. The van der Waals surface area contributed by atoms with Crippen LogP contribution in [0.25, 0.3) is 0 Å². The lowest BCUT2D eigenvalue weighted by Gasteiger charge is -2.42. The Labute approximate surface area is 173 Å². The summed E-state index contributed by atoms with van der Waals surface area (Å²) in [5.41, 5.74) is 1.85. The van der Waals surface area contributed by atoms with Crippen molar-refractivity contribution in [1.82, 2.24) is 9.80 Å². The molecule has 0 spiro atoms. The SMILES string of the molecule is CCOc1ccc(C(=O)N2CCN(C3CC3)CC2c2ccccc2)cc1OCC. The van der Waals surface area contributed by atoms with Crippen LogP contribution in [0.2, 0.25) is 0 Å². The van der Waals surface area contributed by atoms with Crippen LogP contribution < -0.4 is 9.47 Å². The maximum atomic E-state index is 13.5. The molecule has 0 N–H and O–H groups in total. The van der Waals surface area contributed by atoms with Gasteiger partial charge in [0.15, 0.2) is 11.5 Å². The highest BCUT2D eigenvalue weighted by Gasteiger charge is 2.38. The average Bonchev–Trinajstić information content (AvgIpc) is 3.60. The van der Waals surface area contributed by atoms with Crippen LogP contribution >= 0.6 is 0 Å². The monoisotopic (exact) mass is 394 g/mol. The molecule has 1 atom stereocenters. The van der Waals surface area contributed by atoms with E-state index in [1.165, 1.54) is 18.4 Å². The Bertz CT molecular complexity index is 835. The Kier molecular flexibility index (Phi) is 6.05. The van der Waals surface area contributed by atoms with Gasteiger partial charge in [-0.3, -0.25) is 9.69 Å². The lowest BCUT2D eigenvalue weighted by Crippen LogP contribution is -2.51. The van der Waals surface area contributed by atoms with Crippen molar-refractivity contribution in [1.29, 1.82) is 0 Å². The Morgan fingerprint density at radius 1 is 0.966 bits per heavy atom. The molecule has 29 heavy (non-hydrogen) atoms. The quantitative estimate of drug-likeness (QED) is 0.708. The fourth-order valence-corrected chi connectivity index (χ4v) is 4.13. The van der Waals surface area contributed by atoms with Crippen LogP contribution in [0, 0.1) is 0 Å². The maximum absolute atomic E-state index is 13.5. The Hall–Kier alpha value is -2.53. The Morgan fingerprint density at radius 2 is 1.69 bits per heavy atom. The predicted molar refractivity (Wildman–Crippen MR) is 114 cm³/mol. The number of piperazine rings is 1. The zero-order valence-electron chi connectivity index (χ0n) is 17.3. The predicted octanol–water partition coefficient (Wildman–Crippen LogP) is 4.15. The smallest absolute Gasteiger partial charge is 0.254 e. The molecule has 1 saturated heterocycles. The van der Waals surface area contributed by atoms with Gasteiger partial charge in [-0.1, -0.05) is 30.3 Å². The number of rotatable bonds is 7. The summed E-state index contributed by atoms with van der Waals surface area (Å²) in [4.78, 5) is 18.1. The number of carbonyl (C=O) groups is 1. The molecule has 2 fully saturated rings. The molecule has 5 nitrogen and oxygen atoms in total. The van der Waals surface area contributed by atoms with Crippen LogP contribution in [0.5, 0.6) is 11.5 Å². The molecule has 4 rings (SSSR count). The summed E-state index contributed by atoms with van der Waals surface area (Å²) >= 11 is 0. The third-order valence-electron chi connectivity index (χ3n) is 5.71. The number of nitrogens with zero attached hydrogens (tertiary/aromatic N) is 2. The summed E-state index contributed by atoms with van der Waals surface area (Å²) in [6.07, 6.45) is 2.57. The van der Waals surface area contributed by atoms with Gasteiger partial charge >= 0.3 is 0 Å². The minimum atomic E-state index is 0.0540. The number of carbonyl (C=O) groups excluding carboxylic acids is 1. The molecule has 2 aromatic rings. The molecule has 0 radical (unpaired) electrons. The number of amides is 1. The molecule has 1 aliphatic carbocycles. The molecule has 154 valence electrons. The van der Waals surface area contributed by atoms with Gasteiger partial charge in [-0.15, -0.1) is 0 Å². The van der Waals surface area contributed by atoms with E-state index in [4.69, 9.17) is 9.47 Å². The fraction of sp³-hybridized carbons (Fsp3) is 0.458. The third-order valence-corrected chi connectivity index (χ3v) is 5.71. The van der Waals surface area contributed by atoms with Gasteiger partial charge in [0.2, 0.25) is 0 Å². The summed E-state index contributed by atoms with van der Waals surface area (Å²) < 4.78 is 11.4. The average molecular weight is 395 g/mol. The van der Waals surface area contributed by atoms with E-state index < -0.39 is 0 Å². The first-order chi connectivity index (χ1) is 14.2. The van der Waals surface area contributed by atoms with E-state index in [-0.39, 0.29) is 11.9 Å². The van der Waals surface area contributed by atoms with Crippen molar-refractivity contribution in [2.24, 2.45) is 0 Å². The fourth-order valence-electron chi connectivity index (χ4n) is 4.13. The summed E-state index contributed by atoms with van der Waals surface area (Å²) in [5, 5.41) is 0. The van der Waals surface area contributed by atoms with Gasteiger partial charge in [0, 0.05) is 31.2 Å². The van der Waals surface area contributed by atoms with Gasteiger partial charge in [-0.25, -0.2) is 0 Å².